The van der Waals surface area contributed by atoms with Gasteiger partial charge in [-0.25, -0.2) is 4.98 Å². The van der Waals surface area contributed by atoms with Crippen LogP contribution in [-0.2, 0) is 21.7 Å². The molecule has 0 spiro atoms. The fraction of sp³-hybridized carbons (Fsp3) is 0.185. The van der Waals surface area contributed by atoms with Crippen LogP contribution in [0.25, 0.3) is 88.4 Å². The maximum atomic E-state index is 7.02. The van der Waals surface area contributed by atoms with E-state index in [0.29, 0.717) is 0 Å². The Morgan fingerprint density at radius 2 is 0.942 bits per heavy atom. The van der Waals surface area contributed by atoms with Gasteiger partial charge in [0.2, 0.25) is 0 Å². The quantitative estimate of drug-likeness (QED) is 0.177. The molecule has 0 unspecified atom stereocenters. The van der Waals surface area contributed by atoms with Crippen molar-refractivity contribution >= 4 is 61.1 Å². The predicted octanol–water partition coefficient (Wildman–Crippen LogP) is 17.6. The molecule has 4 heteroatoms. The van der Waals surface area contributed by atoms with E-state index in [1.807, 2.05) is 12.3 Å². The molecule has 0 radical (unpaired) electrons. The molecule has 0 atom stereocenters. The lowest BCUT2D eigenvalue weighted by Gasteiger charge is -2.31. The van der Waals surface area contributed by atoms with Crippen molar-refractivity contribution in [2.45, 2.75) is 77.0 Å². The van der Waals surface area contributed by atoms with Gasteiger partial charge in [0.15, 0.2) is 0 Å². The number of aromatic nitrogens is 1. The van der Waals surface area contributed by atoms with Crippen molar-refractivity contribution in [3.63, 3.8) is 0 Å². The summed E-state index contributed by atoms with van der Waals surface area (Å²) in [5, 5.41) is 4.79. The van der Waals surface area contributed by atoms with E-state index in [0.717, 1.165) is 39.5 Å². The first kappa shape index (κ1) is 39.3. The summed E-state index contributed by atoms with van der Waals surface area (Å²) >= 11 is 0. The molecule has 69 heavy (non-hydrogen) atoms. The number of pyridine rings is 1. The van der Waals surface area contributed by atoms with Crippen molar-refractivity contribution in [2.75, 3.05) is 4.90 Å². The van der Waals surface area contributed by atoms with Gasteiger partial charge in [-0.3, -0.25) is 4.90 Å². The maximum Gasteiger partial charge on any atom is 0.144 e. The van der Waals surface area contributed by atoms with Crippen LogP contribution < -0.4 is 4.90 Å². The standard InChI is InChI=1S/C65H50N2O2/c1-62(2)45-28-29-52-55(40-18-10-13-21-50(40)68-52)54(45)43-34-48-42(33-49(43)62)37-26-24-35(31-46(37)63(48,3)4)67(53-23-15-16-30-66-53)36-25-27-39-47(32-36)65(7,8)60-58(39)61-57(41-19-11-14-22-51(41)69-61)56-38-17-9-12-20-44(38)64(5,6)59(56)60/h9-34H,1-8H3. The minimum Gasteiger partial charge on any atom is -0.456 e. The second-order valence-electron chi connectivity index (χ2n) is 22.2. The smallest absolute Gasteiger partial charge is 0.144 e. The molecule has 0 saturated carbocycles. The highest BCUT2D eigenvalue weighted by molar-refractivity contribution is 6.21. The lowest BCUT2D eigenvalue weighted by Crippen LogP contribution is -2.24. The summed E-state index contributed by atoms with van der Waals surface area (Å²) in [6, 6.07) is 56.1. The van der Waals surface area contributed by atoms with E-state index in [2.05, 4.69) is 206 Å². The van der Waals surface area contributed by atoms with E-state index in [4.69, 9.17) is 13.8 Å². The van der Waals surface area contributed by atoms with Crippen LogP contribution in [0.1, 0.15) is 99.9 Å². The van der Waals surface area contributed by atoms with Crippen LogP contribution in [0.4, 0.5) is 17.2 Å². The van der Waals surface area contributed by atoms with Gasteiger partial charge in [0.25, 0.3) is 0 Å². The zero-order valence-electron chi connectivity index (χ0n) is 40.2. The van der Waals surface area contributed by atoms with E-state index < -0.39 is 0 Å². The van der Waals surface area contributed by atoms with E-state index in [-0.39, 0.29) is 21.7 Å². The third kappa shape index (κ3) is 4.73. The lowest BCUT2D eigenvalue weighted by molar-refractivity contribution is 0.600. The summed E-state index contributed by atoms with van der Waals surface area (Å²) in [4.78, 5) is 7.41. The average Bonchev–Trinajstić information content (AvgIpc) is 4.14. The van der Waals surface area contributed by atoms with Gasteiger partial charge < -0.3 is 8.83 Å². The van der Waals surface area contributed by atoms with E-state index >= 15 is 0 Å². The second kappa shape index (κ2) is 12.7. The Labute approximate surface area is 401 Å². The molecule has 0 aliphatic heterocycles. The summed E-state index contributed by atoms with van der Waals surface area (Å²) in [6.07, 6.45) is 1.91. The van der Waals surface area contributed by atoms with Gasteiger partial charge in [-0.2, -0.15) is 0 Å². The lowest BCUT2D eigenvalue weighted by atomic mass is 9.72. The minimum absolute atomic E-state index is 0.175. The zero-order valence-corrected chi connectivity index (χ0v) is 40.2. The molecule has 11 aromatic rings. The molecule has 15 rings (SSSR count). The van der Waals surface area contributed by atoms with Gasteiger partial charge >= 0.3 is 0 Å². The summed E-state index contributed by atoms with van der Waals surface area (Å²) < 4.78 is 13.5. The molecule has 0 bridgehead atoms. The molecule has 0 fully saturated rings. The highest BCUT2D eigenvalue weighted by Gasteiger charge is 2.49. The Bertz CT molecular complexity index is 4140. The molecule has 0 amide bonds. The molecule has 4 aliphatic rings. The summed E-state index contributed by atoms with van der Waals surface area (Å²) in [5.41, 5.74) is 26.2. The van der Waals surface area contributed by atoms with Gasteiger partial charge in [-0.15, -0.1) is 0 Å². The largest absolute Gasteiger partial charge is 0.456 e. The van der Waals surface area contributed by atoms with E-state index in [1.54, 1.807) is 0 Å². The first-order valence-electron chi connectivity index (χ1n) is 24.5. The molecule has 3 heterocycles. The Hall–Kier alpha value is -7.69. The van der Waals surface area contributed by atoms with Crippen molar-refractivity contribution in [3.8, 4) is 44.5 Å². The number of nitrogens with zero attached hydrogens (tertiary/aromatic N) is 2. The number of furan rings is 2. The fourth-order valence-corrected chi connectivity index (χ4v) is 14.0. The summed E-state index contributed by atoms with van der Waals surface area (Å²) in [5.74, 6) is 0.880. The first-order chi connectivity index (χ1) is 33.3. The first-order valence-corrected chi connectivity index (χ1v) is 24.5. The second-order valence-corrected chi connectivity index (χ2v) is 22.2. The number of hydrogen-bond acceptors (Lipinski definition) is 4. The monoisotopic (exact) mass is 890 g/mol. The number of hydrogen-bond donors (Lipinski definition) is 0. The topological polar surface area (TPSA) is 42.4 Å². The molecule has 8 aromatic carbocycles. The van der Waals surface area contributed by atoms with Gasteiger partial charge in [0.05, 0.1) is 0 Å². The van der Waals surface area contributed by atoms with Crippen LogP contribution in [0, 0.1) is 0 Å². The van der Waals surface area contributed by atoms with Gasteiger partial charge in [-0.1, -0.05) is 140 Å². The van der Waals surface area contributed by atoms with Crippen molar-refractivity contribution in [1.29, 1.82) is 0 Å². The number of anilines is 3. The maximum absolute atomic E-state index is 7.02. The molecule has 0 N–H and O–H groups in total. The number of benzene rings is 8. The third-order valence-corrected chi connectivity index (χ3v) is 17.2. The summed E-state index contributed by atoms with van der Waals surface area (Å²) in [6.45, 7) is 19.3. The normalized spacial score (nSPS) is 16.6. The Morgan fingerprint density at radius 1 is 0.377 bits per heavy atom. The van der Waals surface area contributed by atoms with Crippen LogP contribution >= 0.6 is 0 Å². The van der Waals surface area contributed by atoms with Crippen LogP contribution in [0.15, 0.2) is 167 Å². The zero-order chi connectivity index (χ0) is 46.7. The average molecular weight is 891 g/mol. The Kier molecular flexibility index (Phi) is 7.23. The summed E-state index contributed by atoms with van der Waals surface area (Å²) in [7, 11) is 0. The fourth-order valence-electron chi connectivity index (χ4n) is 14.0. The van der Waals surface area contributed by atoms with Gasteiger partial charge in [0, 0.05) is 66.3 Å². The highest BCUT2D eigenvalue weighted by atomic mass is 16.3. The SMILES string of the molecule is CC1(C)c2cc(N(c3ccc4c(c3)C(C)(C)c3c5c(c6c(oc7ccccc76)c3-4)-c3ccccc3C5(C)C)c3ccccn3)ccc2-c2cc3c(cc21)-c1c(ccc2oc4ccccc4c12)C3(C)C. The van der Waals surface area contributed by atoms with Crippen LogP contribution in [-0.4, -0.2) is 4.98 Å². The Balaban J connectivity index is 0.904. The van der Waals surface area contributed by atoms with Gasteiger partial charge in [0.1, 0.15) is 28.1 Å². The van der Waals surface area contributed by atoms with Crippen molar-refractivity contribution in [3.05, 3.63) is 202 Å². The van der Waals surface area contributed by atoms with Crippen molar-refractivity contribution in [2.24, 2.45) is 0 Å². The van der Waals surface area contributed by atoms with Gasteiger partial charge in [-0.05, 0) is 150 Å². The molecular formula is C65H50N2O2. The molecular weight excluding hydrogens is 841 g/mol. The van der Waals surface area contributed by atoms with E-state index in [9.17, 15) is 0 Å². The highest BCUT2D eigenvalue weighted by Crippen LogP contribution is 2.64. The number of rotatable bonds is 3. The van der Waals surface area contributed by atoms with Crippen LogP contribution in [0.2, 0.25) is 0 Å². The predicted molar refractivity (Wildman–Crippen MR) is 284 cm³/mol. The minimum atomic E-state index is -0.338. The molecule has 4 nitrogen and oxygen atoms in total. The number of fused-ring (bicyclic) bond motifs is 22. The van der Waals surface area contributed by atoms with Crippen LogP contribution in [0.5, 0.6) is 0 Å². The Morgan fingerprint density at radius 3 is 1.70 bits per heavy atom. The molecule has 3 aromatic heterocycles. The van der Waals surface area contributed by atoms with Crippen molar-refractivity contribution < 1.29 is 8.83 Å². The third-order valence-electron chi connectivity index (χ3n) is 17.2. The van der Waals surface area contributed by atoms with Crippen LogP contribution in [0.3, 0.4) is 0 Å². The van der Waals surface area contributed by atoms with Crippen molar-refractivity contribution in [1.82, 2.24) is 4.98 Å². The number of para-hydroxylation sites is 2. The van der Waals surface area contributed by atoms with E-state index in [1.165, 1.54) is 111 Å². The molecule has 332 valence electrons. The molecule has 4 aliphatic carbocycles. The molecule has 0 saturated heterocycles.